The van der Waals surface area contributed by atoms with Gasteiger partial charge in [-0.15, -0.1) is 12.8 Å². The number of aliphatic hydroxyl groups is 1. The highest BCUT2D eigenvalue weighted by Crippen LogP contribution is 2.21. The van der Waals surface area contributed by atoms with E-state index in [0.29, 0.717) is 12.0 Å². The molecule has 1 heterocycles. The maximum atomic E-state index is 14.3. The number of anilines is 2. The Morgan fingerprint density at radius 3 is 2.29 bits per heavy atom. The number of rotatable bonds is 9. The van der Waals surface area contributed by atoms with Gasteiger partial charge in [0.2, 0.25) is 0 Å². The number of hydroxylamine groups is 1. The van der Waals surface area contributed by atoms with Crippen molar-refractivity contribution in [2.75, 3.05) is 18.5 Å². The van der Waals surface area contributed by atoms with E-state index >= 15 is 0 Å². The van der Waals surface area contributed by atoms with Gasteiger partial charge in [-0.2, -0.15) is 0 Å². The van der Waals surface area contributed by atoms with Crippen LogP contribution in [0.5, 0.6) is 0 Å². The van der Waals surface area contributed by atoms with Crippen LogP contribution in [0.15, 0.2) is 27.8 Å². The zero-order valence-electron chi connectivity index (χ0n) is 21.3. The number of hydrogen-bond donors (Lipinski definition) is 3. The molecule has 0 radical (unpaired) electrons. The lowest BCUT2D eigenvalue weighted by Crippen LogP contribution is -2.43. The van der Waals surface area contributed by atoms with Gasteiger partial charge in [0, 0.05) is 14.1 Å². The van der Waals surface area contributed by atoms with Crippen molar-refractivity contribution in [2.45, 2.75) is 46.8 Å². The zero-order valence-corrected chi connectivity index (χ0v) is 21.3. The van der Waals surface area contributed by atoms with Gasteiger partial charge in [0.25, 0.3) is 11.5 Å². The quantitative estimate of drug-likeness (QED) is 0.212. The summed E-state index contributed by atoms with van der Waals surface area (Å²) in [5.74, 6) is -2.98. The van der Waals surface area contributed by atoms with Crippen LogP contribution < -0.4 is 22.0 Å². The number of ether oxygens (including phenoxy) is 1. The van der Waals surface area contributed by atoms with Gasteiger partial charge < -0.3 is 15.2 Å². The van der Waals surface area contributed by atoms with Gasteiger partial charge >= 0.3 is 5.69 Å². The second-order valence-electron chi connectivity index (χ2n) is 7.47. The van der Waals surface area contributed by atoms with E-state index in [-0.39, 0.29) is 24.7 Å². The lowest BCUT2D eigenvalue weighted by atomic mass is 10.2. The Labute approximate surface area is 204 Å². The van der Waals surface area contributed by atoms with E-state index in [0.717, 1.165) is 9.13 Å². The maximum Gasteiger partial charge on any atom is 0.332 e. The zero-order chi connectivity index (χ0) is 27.3. The van der Waals surface area contributed by atoms with Crippen molar-refractivity contribution in [3.63, 3.8) is 0 Å². The molecule has 0 bridgehead atoms. The van der Waals surface area contributed by atoms with Crippen LogP contribution >= 0.6 is 0 Å². The fourth-order valence-electron chi connectivity index (χ4n) is 2.66. The molecule has 0 aliphatic carbocycles. The van der Waals surface area contributed by atoms with Crippen LogP contribution in [0.25, 0.3) is 0 Å². The monoisotopic (exact) mass is 494 g/mol. The summed E-state index contributed by atoms with van der Waals surface area (Å²) < 4.78 is 21.2. The van der Waals surface area contributed by atoms with E-state index in [1.165, 1.54) is 40.1 Å². The molecular formula is C24H35FN4O6. The van der Waals surface area contributed by atoms with Gasteiger partial charge in [0.1, 0.15) is 17.2 Å². The average Bonchev–Trinajstić information content (AvgIpc) is 2.81. The average molecular weight is 495 g/mol. The van der Waals surface area contributed by atoms with E-state index in [1.54, 1.807) is 13.0 Å². The Morgan fingerprint density at radius 2 is 1.74 bits per heavy atom. The van der Waals surface area contributed by atoms with Gasteiger partial charge in [-0.25, -0.2) is 14.7 Å². The minimum atomic E-state index is -1.28. The Morgan fingerprint density at radius 1 is 1.14 bits per heavy atom. The number of nitrogens with zero attached hydrogens (tertiary/aromatic N) is 2. The number of halogens is 1. The molecule has 0 aliphatic rings. The molecule has 1 aromatic heterocycles. The van der Waals surface area contributed by atoms with Crippen molar-refractivity contribution in [2.24, 2.45) is 14.1 Å². The van der Waals surface area contributed by atoms with Crippen LogP contribution in [-0.2, 0) is 23.7 Å². The van der Waals surface area contributed by atoms with Crippen molar-refractivity contribution in [1.82, 2.24) is 14.6 Å². The number of aryl methyl sites for hydroxylation is 1. The fourth-order valence-corrected chi connectivity index (χ4v) is 2.66. The van der Waals surface area contributed by atoms with Crippen LogP contribution in [0.2, 0.25) is 0 Å². The summed E-state index contributed by atoms with van der Waals surface area (Å²) >= 11 is 0. The first-order valence-electron chi connectivity index (χ1n) is 10.9. The second kappa shape index (κ2) is 14.7. The maximum absolute atomic E-state index is 14.3. The molecule has 3 N–H and O–H groups in total. The Kier molecular flexibility index (Phi) is 13.3. The molecule has 10 nitrogen and oxygen atoms in total. The molecular weight excluding hydrogens is 459 g/mol. The Bertz CT molecular complexity index is 1120. The number of terminal acetylenes is 1. The standard InChI is InChI=1S/C20H27FN4O6.C2H6.C2H2/c1-12-7-8-14(13(21)11-12)22-16-15(18(27)25(5)19(28)24(16)4)17(26)23-31-10-6-9-30-20(2,3)29;2*1-2/h7-8,11,22,29H,6,9-10H2,1-5H3,(H,23,26);1-2H3;1-2H. The highest BCUT2D eigenvalue weighted by molar-refractivity contribution is 5.98. The third kappa shape index (κ3) is 9.36. The summed E-state index contributed by atoms with van der Waals surface area (Å²) in [5, 5.41) is 12.1. The molecule has 0 saturated carbocycles. The molecule has 0 saturated heterocycles. The van der Waals surface area contributed by atoms with Crippen LogP contribution in [0.3, 0.4) is 0 Å². The van der Waals surface area contributed by atoms with Gasteiger partial charge in [-0.1, -0.05) is 19.9 Å². The van der Waals surface area contributed by atoms with Gasteiger partial charge in [0.05, 0.1) is 18.9 Å². The van der Waals surface area contributed by atoms with E-state index in [4.69, 9.17) is 9.57 Å². The summed E-state index contributed by atoms with van der Waals surface area (Å²) in [6.45, 7) is 8.90. The molecule has 11 heteroatoms. The van der Waals surface area contributed by atoms with E-state index in [1.807, 2.05) is 13.8 Å². The number of hydrogen-bond acceptors (Lipinski definition) is 7. The van der Waals surface area contributed by atoms with Crippen molar-refractivity contribution in [1.29, 1.82) is 0 Å². The summed E-state index contributed by atoms with van der Waals surface area (Å²) in [5.41, 5.74) is 0.833. The summed E-state index contributed by atoms with van der Waals surface area (Å²) in [4.78, 5) is 42.7. The molecule has 0 unspecified atom stereocenters. The Hall–Kier alpha value is -3.46. The molecule has 1 aromatic carbocycles. The highest BCUT2D eigenvalue weighted by Gasteiger charge is 2.23. The third-order valence-corrected chi connectivity index (χ3v) is 4.28. The topological polar surface area (TPSA) is 124 Å². The molecule has 0 fully saturated rings. The summed E-state index contributed by atoms with van der Waals surface area (Å²) in [6, 6.07) is 4.36. The normalized spacial score (nSPS) is 10.4. The highest BCUT2D eigenvalue weighted by atomic mass is 19.1. The van der Waals surface area contributed by atoms with E-state index < -0.39 is 34.3 Å². The molecule has 0 aliphatic heterocycles. The molecule has 0 spiro atoms. The largest absolute Gasteiger partial charge is 0.366 e. The van der Waals surface area contributed by atoms with Crippen molar-refractivity contribution in [3.8, 4) is 12.8 Å². The number of carbonyl (C=O) groups is 1. The first kappa shape index (κ1) is 31.5. The molecule has 2 aromatic rings. The van der Waals surface area contributed by atoms with E-state index in [9.17, 15) is 23.9 Å². The lowest BCUT2D eigenvalue weighted by molar-refractivity contribution is -0.178. The molecule has 194 valence electrons. The van der Waals surface area contributed by atoms with Crippen molar-refractivity contribution in [3.05, 3.63) is 56.0 Å². The van der Waals surface area contributed by atoms with Crippen LogP contribution in [-0.4, -0.2) is 39.1 Å². The van der Waals surface area contributed by atoms with Crippen LogP contribution in [0.4, 0.5) is 15.9 Å². The van der Waals surface area contributed by atoms with Crippen molar-refractivity contribution < 1.29 is 23.9 Å². The number of benzene rings is 1. The van der Waals surface area contributed by atoms with E-state index in [2.05, 4.69) is 23.6 Å². The predicted molar refractivity (Wildman–Crippen MR) is 133 cm³/mol. The number of carbonyl (C=O) groups excluding carboxylic acids is 1. The summed E-state index contributed by atoms with van der Waals surface area (Å²) in [7, 11) is 2.58. The first-order valence-corrected chi connectivity index (χ1v) is 10.9. The lowest BCUT2D eigenvalue weighted by Gasteiger charge is -2.18. The molecule has 2 rings (SSSR count). The first-order chi connectivity index (χ1) is 16.4. The molecule has 1 amide bonds. The third-order valence-electron chi connectivity index (χ3n) is 4.28. The SMILES string of the molecule is C#C.CC.Cc1ccc(Nc2c(C(=O)NOCCCOC(C)(C)O)c(=O)n(C)c(=O)n2C)c(F)c1. The molecule has 0 atom stereocenters. The number of amides is 1. The molecule has 35 heavy (non-hydrogen) atoms. The summed E-state index contributed by atoms with van der Waals surface area (Å²) in [6.07, 6.45) is 8.36. The predicted octanol–water partition coefficient (Wildman–Crippen LogP) is 2.35. The fraction of sp³-hybridized carbons (Fsp3) is 0.458. The minimum absolute atomic E-state index is 0.00686. The van der Waals surface area contributed by atoms with Gasteiger partial charge in [-0.05, 0) is 44.9 Å². The van der Waals surface area contributed by atoms with Crippen LogP contribution in [0, 0.1) is 25.6 Å². The van der Waals surface area contributed by atoms with Crippen LogP contribution in [0.1, 0.15) is 50.0 Å². The number of nitrogens with one attached hydrogen (secondary N) is 2. The minimum Gasteiger partial charge on any atom is -0.366 e. The Balaban J connectivity index is 0.00000274. The van der Waals surface area contributed by atoms with Crippen molar-refractivity contribution >= 4 is 17.4 Å². The number of aromatic nitrogens is 2. The van der Waals surface area contributed by atoms with Gasteiger partial charge in [-0.3, -0.25) is 23.6 Å². The second-order valence-corrected chi connectivity index (χ2v) is 7.47. The van der Waals surface area contributed by atoms with Gasteiger partial charge in [0.15, 0.2) is 5.79 Å². The smallest absolute Gasteiger partial charge is 0.332 e.